The second kappa shape index (κ2) is 14.3. The average Bonchev–Trinajstić information content (AvgIpc) is 3.90. The van der Waals surface area contributed by atoms with Crippen molar-refractivity contribution in [1.82, 2.24) is 9.47 Å². The Morgan fingerprint density at radius 1 is 1.00 bits per heavy atom. The predicted octanol–water partition coefficient (Wildman–Crippen LogP) is 7.42. The summed E-state index contributed by atoms with van der Waals surface area (Å²) in [5, 5.41) is 9.63. The van der Waals surface area contributed by atoms with Crippen molar-refractivity contribution in [3.05, 3.63) is 138 Å². The second-order valence-electron chi connectivity index (χ2n) is 13.4. The fourth-order valence-corrected chi connectivity index (χ4v) is 10.5. The molecule has 262 valence electrons. The Hall–Kier alpha value is -4.77. The van der Waals surface area contributed by atoms with Gasteiger partial charge >= 0.3 is 5.97 Å². The van der Waals surface area contributed by atoms with E-state index in [0.29, 0.717) is 36.9 Å². The van der Waals surface area contributed by atoms with Gasteiger partial charge in [-0.3, -0.25) is 23.9 Å². The molecule has 1 saturated heterocycles. The minimum absolute atomic E-state index is 0.297. The van der Waals surface area contributed by atoms with E-state index >= 15 is 0 Å². The summed E-state index contributed by atoms with van der Waals surface area (Å²) in [6, 6.07) is 26.2. The summed E-state index contributed by atoms with van der Waals surface area (Å²) in [6.07, 6.45) is 16.4. The third-order valence-corrected chi connectivity index (χ3v) is 13.0. The molecular weight excluding hydrogens is 707 g/mol. The summed E-state index contributed by atoms with van der Waals surface area (Å²) in [6.45, 7) is 1.70. The number of amides is 1. The van der Waals surface area contributed by atoms with Crippen LogP contribution in [-0.4, -0.2) is 43.4 Å². The summed E-state index contributed by atoms with van der Waals surface area (Å²) in [5.74, 6) is -1.07. The number of carboxylic acids is 1. The zero-order valence-electron chi connectivity index (χ0n) is 28.7. The topological polar surface area (TPSA) is 82.9 Å². The number of aliphatic carboxylic acids is 1. The van der Waals surface area contributed by atoms with Gasteiger partial charge in [0, 0.05) is 29.9 Å². The number of carbonyl (C=O) groups excluding carboxylic acids is 1. The second-order valence-corrected chi connectivity index (χ2v) is 16.1. The van der Waals surface area contributed by atoms with Gasteiger partial charge in [0.05, 0.1) is 4.53 Å². The third-order valence-electron chi connectivity index (χ3n) is 10.3. The van der Waals surface area contributed by atoms with Crippen molar-refractivity contribution in [1.29, 1.82) is 0 Å². The first-order valence-electron chi connectivity index (χ1n) is 17.7. The first-order chi connectivity index (χ1) is 25.3. The molecule has 1 amide bonds. The molecule has 1 aromatic heterocycles. The Morgan fingerprint density at radius 2 is 1.79 bits per heavy atom. The van der Waals surface area contributed by atoms with Crippen molar-refractivity contribution in [2.24, 2.45) is 0 Å². The Balaban J connectivity index is 1.14. The molecule has 0 radical (unpaired) electrons. The number of nitrogens with zero attached hydrogens (tertiary/aromatic N) is 3. The average molecular weight is 744 g/mol. The zero-order chi connectivity index (χ0) is 35.9. The zero-order valence-corrected chi connectivity index (χ0v) is 31.1. The molecule has 2 unspecified atom stereocenters. The van der Waals surface area contributed by atoms with Gasteiger partial charge < -0.3 is 10.0 Å². The maximum Gasteiger partial charge on any atom is 0.323 e. The fraction of sp³-hybridized carbons (Fsp3) is 0.238. The van der Waals surface area contributed by atoms with Crippen LogP contribution in [0.3, 0.4) is 0 Å². The molecule has 52 heavy (non-hydrogen) atoms. The van der Waals surface area contributed by atoms with Gasteiger partial charge in [0.25, 0.3) is 11.5 Å². The number of rotatable bonds is 8. The maximum absolute atomic E-state index is 13.6. The highest BCUT2D eigenvalue weighted by Crippen LogP contribution is 2.52. The molecule has 2 atom stereocenters. The van der Waals surface area contributed by atoms with Crippen LogP contribution in [0.25, 0.3) is 22.6 Å². The Kier molecular flexibility index (Phi) is 9.46. The van der Waals surface area contributed by atoms with Gasteiger partial charge in [-0.15, -0.1) is 11.3 Å². The molecule has 0 spiro atoms. The summed E-state index contributed by atoms with van der Waals surface area (Å²) in [5.41, 5.74) is 8.90. The number of thiocarbonyl (C=S) groups is 1. The number of anilines is 2. The lowest BCUT2D eigenvalue weighted by Gasteiger charge is -2.27. The largest absolute Gasteiger partial charge is 0.480 e. The number of allylic oxidation sites excluding steroid dienone is 5. The van der Waals surface area contributed by atoms with E-state index in [1.165, 1.54) is 37.4 Å². The van der Waals surface area contributed by atoms with Crippen molar-refractivity contribution >= 4 is 85.5 Å². The molecule has 7 nitrogen and oxygen atoms in total. The molecule has 3 heterocycles. The van der Waals surface area contributed by atoms with Crippen LogP contribution in [-0.2, 0) is 16.1 Å². The number of hydrogen-bond acceptors (Lipinski definition) is 7. The number of aromatic nitrogens is 1. The Labute approximate surface area is 315 Å². The Morgan fingerprint density at radius 3 is 2.50 bits per heavy atom. The summed E-state index contributed by atoms with van der Waals surface area (Å²) < 4.78 is 2.31. The van der Waals surface area contributed by atoms with Crippen LogP contribution >= 0.6 is 35.3 Å². The van der Waals surface area contributed by atoms with E-state index in [-0.39, 0.29) is 5.91 Å². The molecule has 8 rings (SSSR count). The smallest absolute Gasteiger partial charge is 0.323 e. The van der Waals surface area contributed by atoms with Crippen molar-refractivity contribution < 1.29 is 14.7 Å². The van der Waals surface area contributed by atoms with Crippen LogP contribution in [0.15, 0.2) is 101 Å². The quantitative estimate of drug-likeness (QED) is 0.149. The van der Waals surface area contributed by atoms with E-state index in [4.69, 9.17) is 12.2 Å². The molecule has 2 fully saturated rings. The number of hydrogen-bond donors (Lipinski definition) is 1. The molecule has 0 bridgehead atoms. The van der Waals surface area contributed by atoms with Crippen molar-refractivity contribution in [3.8, 4) is 0 Å². The maximum atomic E-state index is 13.6. The first kappa shape index (κ1) is 34.3. The van der Waals surface area contributed by atoms with Gasteiger partial charge in [-0.05, 0) is 102 Å². The normalized spacial score (nSPS) is 21.2. The highest BCUT2D eigenvalue weighted by atomic mass is 32.2. The van der Waals surface area contributed by atoms with E-state index in [0.717, 1.165) is 72.0 Å². The molecule has 1 N–H and O–H groups in total. The number of thiazole rings is 1. The predicted molar refractivity (Wildman–Crippen MR) is 216 cm³/mol. The molecule has 10 heteroatoms. The van der Waals surface area contributed by atoms with Gasteiger partial charge in [-0.2, -0.15) is 0 Å². The van der Waals surface area contributed by atoms with Crippen LogP contribution in [0.4, 0.5) is 11.4 Å². The fourth-order valence-electron chi connectivity index (χ4n) is 7.88. The van der Waals surface area contributed by atoms with Crippen LogP contribution < -0.4 is 19.7 Å². The molecule has 3 aromatic carbocycles. The monoisotopic (exact) mass is 743 g/mol. The molecule has 4 aliphatic rings. The standard InChI is InChI=1S/C42H37N3O4S3/c1-2-43-40(49)38(52-42(43)50)41-44(25-37(46)47)39(48)36(51-41)24-27-18-21-35-33(23-27)31-14-9-15-34(31)45(35)30-19-16-26(17-20-30)22-32(28-10-5-3-6-11-28)29-12-7-4-8-13-29/h3,5-7,10-13,16-24,31,34H,2,4,8-9,14-15,25H2,1H3,(H,46,47)/b32-22+,36-24+,41-38-. The minimum Gasteiger partial charge on any atom is -0.480 e. The highest BCUT2D eigenvalue weighted by molar-refractivity contribution is 8.30. The molecule has 2 aliphatic heterocycles. The first-order valence-corrected chi connectivity index (χ1v) is 19.7. The van der Waals surface area contributed by atoms with E-state index in [9.17, 15) is 19.5 Å². The molecular formula is C42H37N3O4S3. The Bertz CT molecular complexity index is 2390. The van der Waals surface area contributed by atoms with Crippen molar-refractivity contribution in [2.45, 2.75) is 57.5 Å². The van der Waals surface area contributed by atoms with E-state index in [1.54, 1.807) is 0 Å². The lowest BCUT2D eigenvalue weighted by molar-refractivity contribution is -0.137. The van der Waals surface area contributed by atoms with Crippen LogP contribution in [0.2, 0.25) is 0 Å². The number of carbonyl (C=O) groups is 2. The summed E-state index contributed by atoms with van der Waals surface area (Å²) >= 11 is 7.66. The van der Waals surface area contributed by atoms with Crippen LogP contribution in [0, 0.1) is 0 Å². The van der Waals surface area contributed by atoms with Gasteiger partial charge in [-0.1, -0.05) is 97.2 Å². The van der Waals surface area contributed by atoms with E-state index in [1.807, 2.05) is 19.1 Å². The van der Waals surface area contributed by atoms with E-state index in [2.05, 4.69) is 95.9 Å². The molecule has 4 aromatic rings. The molecule has 1 saturated carbocycles. The summed E-state index contributed by atoms with van der Waals surface area (Å²) in [4.78, 5) is 42.8. The van der Waals surface area contributed by atoms with Crippen LogP contribution in [0.1, 0.15) is 67.2 Å². The third kappa shape index (κ3) is 6.33. The van der Waals surface area contributed by atoms with Crippen LogP contribution in [0.5, 0.6) is 0 Å². The number of thioether (sulfide) groups is 1. The van der Waals surface area contributed by atoms with Gasteiger partial charge in [-0.25, -0.2) is 0 Å². The van der Waals surface area contributed by atoms with Gasteiger partial charge in [0.1, 0.15) is 20.4 Å². The molecule has 2 aliphatic carbocycles. The number of carboxylic acid groups (broad SMARTS) is 1. The lowest BCUT2D eigenvalue weighted by atomic mass is 9.92. The number of fused-ring (bicyclic) bond motifs is 3. The summed E-state index contributed by atoms with van der Waals surface area (Å²) in [7, 11) is 0. The minimum atomic E-state index is -1.15. The van der Waals surface area contributed by atoms with Crippen molar-refractivity contribution in [2.75, 3.05) is 11.4 Å². The van der Waals surface area contributed by atoms with Gasteiger partial charge in [0.2, 0.25) is 0 Å². The van der Waals surface area contributed by atoms with Crippen molar-refractivity contribution in [3.63, 3.8) is 0 Å². The van der Waals surface area contributed by atoms with E-state index < -0.39 is 18.1 Å². The lowest BCUT2D eigenvalue weighted by Crippen LogP contribution is -2.35. The SMILES string of the molecule is CCN1C(=O)/C(=c2/s/c(=C/c3ccc4c(c3)C3CCCC3N4c3ccc(/C=C(/C4=CCCC=C4)c4ccccc4)cc3)c(=O)n2CC(=O)O)SC1=S. The van der Waals surface area contributed by atoms with Gasteiger partial charge in [0.15, 0.2) is 0 Å². The number of benzene rings is 3. The highest BCUT2D eigenvalue weighted by Gasteiger charge is 2.42.